The van der Waals surface area contributed by atoms with E-state index in [9.17, 15) is 8.42 Å². The van der Waals surface area contributed by atoms with Gasteiger partial charge in [-0.2, -0.15) is 0 Å². The summed E-state index contributed by atoms with van der Waals surface area (Å²) in [6.45, 7) is 8.61. The van der Waals surface area contributed by atoms with Gasteiger partial charge in [0.05, 0.1) is 10.1 Å². The number of benzene rings is 1. The van der Waals surface area contributed by atoms with Crippen molar-refractivity contribution in [3.63, 3.8) is 0 Å². The topological polar surface area (TPSA) is 46.2 Å². The van der Waals surface area contributed by atoms with Crippen molar-refractivity contribution in [2.45, 2.75) is 56.7 Å². The highest BCUT2D eigenvalue weighted by Gasteiger charge is 2.30. The zero-order valence-electron chi connectivity index (χ0n) is 12.3. The molecule has 3 nitrogen and oxygen atoms in total. The first-order valence-electron chi connectivity index (χ1n) is 6.98. The second-order valence-corrected chi connectivity index (χ2v) is 7.26. The third-order valence-corrected chi connectivity index (χ3v) is 5.93. The molecule has 2 atom stereocenters. The summed E-state index contributed by atoms with van der Waals surface area (Å²) in [5, 5.41) is 2.92. The molecule has 1 aromatic rings. The van der Waals surface area contributed by atoms with E-state index in [4.69, 9.17) is 0 Å². The first kappa shape index (κ1) is 16.2. The molecule has 0 saturated carbocycles. The van der Waals surface area contributed by atoms with Gasteiger partial charge in [0.2, 0.25) is 0 Å². The van der Waals surface area contributed by atoms with Crippen molar-refractivity contribution in [2.24, 2.45) is 0 Å². The molecule has 0 aliphatic rings. The molecule has 4 heteroatoms. The molecule has 0 spiro atoms. The molecule has 0 aromatic heterocycles. The minimum absolute atomic E-state index is 0.00422. The van der Waals surface area contributed by atoms with Crippen LogP contribution in [0.1, 0.15) is 39.2 Å². The van der Waals surface area contributed by atoms with Gasteiger partial charge in [-0.1, -0.05) is 32.0 Å². The SMILES string of the molecule is CCCNC(CC)C(C)S(=O)(=O)c1ccccc1C. The van der Waals surface area contributed by atoms with E-state index >= 15 is 0 Å². The maximum absolute atomic E-state index is 12.7. The molecular weight excluding hydrogens is 258 g/mol. The molecule has 0 fully saturated rings. The third-order valence-electron chi connectivity index (χ3n) is 3.55. The molecule has 0 bridgehead atoms. The minimum Gasteiger partial charge on any atom is -0.313 e. The van der Waals surface area contributed by atoms with Gasteiger partial charge in [-0.3, -0.25) is 0 Å². The van der Waals surface area contributed by atoms with Gasteiger partial charge in [0.1, 0.15) is 0 Å². The molecule has 0 amide bonds. The minimum atomic E-state index is -3.27. The molecule has 0 aliphatic heterocycles. The molecule has 0 radical (unpaired) electrons. The van der Waals surface area contributed by atoms with Crippen LogP contribution in [0.2, 0.25) is 0 Å². The van der Waals surface area contributed by atoms with Crippen LogP contribution in [-0.4, -0.2) is 26.3 Å². The lowest BCUT2D eigenvalue weighted by atomic mass is 10.1. The normalized spacial score (nSPS) is 15.2. The molecule has 19 heavy (non-hydrogen) atoms. The number of rotatable bonds is 7. The maximum Gasteiger partial charge on any atom is 0.182 e. The van der Waals surface area contributed by atoms with Crippen LogP contribution in [0.4, 0.5) is 0 Å². The second-order valence-electron chi connectivity index (χ2n) is 4.98. The molecule has 1 N–H and O–H groups in total. The van der Waals surface area contributed by atoms with Crippen LogP contribution in [0, 0.1) is 6.92 Å². The van der Waals surface area contributed by atoms with Crippen molar-refractivity contribution < 1.29 is 8.42 Å². The first-order chi connectivity index (χ1) is 8.95. The van der Waals surface area contributed by atoms with E-state index in [1.54, 1.807) is 19.1 Å². The van der Waals surface area contributed by atoms with Gasteiger partial charge in [-0.25, -0.2) is 8.42 Å². The van der Waals surface area contributed by atoms with Crippen LogP contribution in [0.5, 0.6) is 0 Å². The van der Waals surface area contributed by atoms with Crippen molar-refractivity contribution in [3.05, 3.63) is 29.8 Å². The van der Waals surface area contributed by atoms with Crippen LogP contribution in [0.25, 0.3) is 0 Å². The van der Waals surface area contributed by atoms with Gasteiger partial charge in [0.15, 0.2) is 9.84 Å². The van der Waals surface area contributed by atoms with Crippen LogP contribution in [0.15, 0.2) is 29.2 Å². The van der Waals surface area contributed by atoms with Crippen LogP contribution in [0.3, 0.4) is 0 Å². The molecule has 2 unspecified atom stereocenters. The lowest BCUT2D eigenvalue weighted by Crippen LogP contribution is -2.42. The highest BCUT2D eigenvalue weighted by atomic mass is 32.2. The summed E-state index contributed by atoms with van der Waals surface area (Å²) >= 11 is 0. The Morgan fingerprint density at radius 3 is 2.37 bits per heavy atom. The van der Waals surface area contributed by atoms with Gasteiger partial charge >= 0.3 is 0 Å². The Labute approximate surface area is 117 Å². The Kier molecular flexibility index (Phi) is 6.01. The molecule has 0 heterocycles. The number of hydrogen-bond donors (Lipinski definition) is 1. The Morgan fingerprint density at radius 1 is 1.21 bits per heavy atom. The summed E-state index contributed by atoms with van der Waals surface area (Å²) in [6.07, 6.45) is 1.82. The van der Waals surface area contributed by atoms with E-state index in [0.717, 1.165) is 24.9 Å². The summed E-state index contributed by atoms with van der Waals surface area (Å²) in [6, 6.07) is 7.21. The zero-order valence-corrected chi connectivity index (χ0v) is 13.1. The predicted octanol–water partition coefficient (Wildman–Crippen LogP) is 2.94. The van der Waals surface area contributed by atoms with Crippen LogP contribution in [-0.2, 0) is 9.84 Å². The average Bonchev–Trinajstić information content (AvgIpc) is 2.39. The Morgan fingerprint density at radius 2 is 1.84 bits per heavy atom. The average molecular weight is 283 g/mol. The first-order valence-corrected chi connectivity index (χ1v) is 8.52. The fourth-order valence-electron chi connectivity index (χ4n) is 2.26. The van der Waals surface area contributed by atoms with Gasteiger partial charge < -0.3 is 5.32 Å². The number of nitrogens with one attached hydrogen (secondary N) is 1. The lowest BCUT2D eigenvalue weighted by Gasteiger charge is -2.24. The van der Waals surface area contributed by atoms with Crippen molar-refractivity contribution in [2.75, 3.05) is 6.54 Å². The third kappa shape index (κ3) is 3.80. The predicted molar refractivity (Wildman–Crippen MR) is 80.2 cm³/mol. The van der Waals surface area contributed by atoms with Crippen molar-refractivity contribution >= 4 is 9.84 Å². The van der Waals surface area contributed by atoms with Gasteiger partial charge in [-0.05, 0) is 44.9 Å². The van der Waals surface area contributed by atoms with E-state index < -0.39 is 15.1 Å². The summed E-state index contributed by atoms with van der Waals surface area (Å²) in [7, 11) is -3.27. The fraction of sp³-hybridized carbons (Fsp3) is 0.600. The molecule has 0 saturated heterocycles. The summed E-state index contributed by atoms with van der Waals surface area (Å²) in [5.41, 5.74) is 0.819. The maximum atomic E-state index is 12.7. The quantitative estimate of drug-likeness (QED) is 0.837. The monoisotopic (exact) mass is 283 g/mol. The van der Waals surface area contributed by atoms with Crippen LogP contribution >= 0.6 is 0 Å². The van der Waals surface area contributed by atoms with E-state index in [2.05, 4.69) is 12.2 Å². The van der Waals surface area contributed by atoms with Crippen molar-refractivity contribution in [3.8, 4) is 0 Å². The highest BCUT2D eigenvalue weighted by Crippen LogP contribution is 2.22. The molecule has 0 aliphatic carbocycles. The summed E-state index contributed by atoms with van der Waals surface area (Å²) < 4.78 is 25.4. The van der Waals surface area contributed by atoms with E-state index in [1.165, 1.54) is 0 Å². The number of aryl methyl sites for hydroxylation is 1. The van der Waals surface area contributed by atoms with E-state index in [-0.39, 0.29) is 6.04 Å². The molecule has 108 valence electrons. The smallest absolute Gasteiger partial charge is 0.182 e. The standard InChI is InChI=1S/C15H25NO2S/c1-5-11-16-14(6-2)13(4)19(17,18)15-10-8-7-9-12(15)3/h7-10,13-14,16H,5-6,11H2,1-4H3. The zero-order chi connectivity index (χ0) is 14.5. The van der Waals surface area contributed by atoms with E-state index in [0.29, 0.717) is 4.90 Å². The molecular formula is C15H25NO2S. The fourth-order valence-corrected chi connectivity index (χ4v) is 4.17. The molecule has 1 rings (SSSR count). The summed E-state index contributed by atoms with van der Waals surface area (Å²) in [5.74, 6) is 0. The van der Waals surface area contributed by atoms with Crippen molar-refractivity contribution in [1.29, 1.82) is 0 Å². The Hall–Kier alpha value is -0.870. The van der Waals surface area contributed by atoms with Crippen molar-refractivity contribution in [1.82, 2.24) is 5.32 Å². The van der Waals surface area contributed by atoms with Gasteiger partial charge in [-0.15, -0.1) is 0 Å². The number of sulfone groups is 1. The Balaban J connectivity index is 3.02. The van der Waals surface area contributed by atoms with Gasteiger partial charge in [0, 0.05) is 6.04 Å². The summed E-state index contributed by atoms with van der Waals surface area (Å²) in [4.78, 5) is 0.458. The second kappa shape index (κ2) is 7.06. The van der Waals surface area contributed by atoms with E-state index in [1.807, 2.05) is 26.0 Å². The number of hydrogen-bond acceptors (Lipinski definition) is 3. The Bertz CT molecular complexity index is 497. The largest absolute Gasteiger partial charge is 0.313 e. The van der Waals surface area contributed by atoms with Gasteiger partial charge in [0.25, 0.3) is 0 Å². The lowest BCUT2D eigenvalue weighted by molar-refractivity contribution is 0.472. The highest BCUT2D eigenvalue weighted by molar-refractivity contribution is 7.92. The molecule has 1 aromatic carbocycles. The van der Waals surface area contributed by atoms with Crippen LogP contribution < -0.4 is 5.32 Å².